The Morgan fingerprint density at radius 2 is 2.00 bits per heavy atom. The van der Waals surface area contributed by atoms with Gasteiger partial charge < -0.3 is 5.32 Å². The molecule has 0 amide bonds. The van der Waals surface area contributed by atoms with Crippen molar-refractivity contribution < 1.29 is 8.42 Å². The van der Waals surface area contributed by atoms with E-state index in [-0.39, 0.29) is 11.3 Å². The number of nitrogens with one attached hydrogen (secondary N) is 2. The van der Waals surface area contributed by atoms with Gasteiger partial charge in [0.1, 0.15) is 0 Å². The van der Waals surface area contributed by atoms with Crippen LogP contribution in [0.4, 0.5) is 0 Å². The molecule has 14 heavy (non-hydrogen) atoms. The summed E-state index contributed by atoms with van der Waals surface area (Å²) in [5, 5.41) is 2.89. The lowest BCUT2D eigenvalue weighted by Gasteiger charge is -2.21. The lowest BCUT2D eigenvalue weighted by atomic mass is 10.0. The van der Waals surface area contributed by atoms with Crippen LogP contribution in [0.2, 0.25) is 0 Å². The van der Waals surface area contributed by atoms with Crippen LogP contribution >= 0.6 is 0 Å². The van der Waals surface area contributed by atoms with Crippen LogP contribution in [0.15, 0.2) is 0 Å². The third kappa shape index (κ3) is 2.93. The van der Waals surface area contributed by atoms with Crippen molar-refractivity contribution in [3.05, 3.63) is 0 Å². The third-order valence-electron chi connectivity index (χ3n) is 2.78. The Balaban J connectivity index is 2.51. The summed E-state index contributed by atoms with van der Waals surface area (Å²) in [6.45, 7) is 7.25. The largest absolute Gasteiger partial charge is 0.316 e. The van der Waals surface area contributed by atoms with E-state index < -0.39 is 10.0 Å². The monoisotopic (exact) mass is 220 g/mol. The van der Waals surface area contributed by atoms with E-state index in [0.717, 1.165) is 19.5 Å². The molecule has 0 spiro atoms. The quantitative estimate of drug-likeness (QED) is 0.717. The molecule has 2 unspecified atom stereocenters. The molecule has 2 atom stereocenters. The minimum absolute atomic E-state index is 0.0393. The summed E-state index contributed by atoms with van der Waals surface area (Å²) in [6.07, 6.45) is 1.06. The molecular weight excluding hydrogens is 200 g/mol. The summed E-state index contributed by atoms with van der Waals surface area (Å²) < 4.78 is 25.9. The molecule has 0 radical (unpaired) electrons. The molecule has 0 aliphatic carbocycles. The fraction of sp³-hybridized carbons (Fsp3) is 1.00. The zero-order valence-electron chi connectivity index (χ0n) is 9.08. The van der Waals surface area contributed by atoms with Gasteiger partial charge in [0, 0.05) is 6.04 Å². The Labute approximate surface area is 86.5 Å². The van der Waals surface area contributed by atoms with Crippen molar-refractivity contribution in [2.45, 2.75) is 38.5 Å². The van der Waals surface area contributed by atoms with Gasteiger partial charge in [0.25, 0.3) is 0 Å². The number of rotatable bonds is 4. The van der Waals surface area contributed by atoms with Gasteiger partial charge >= 0.3 is 0 Å². The van der Waals surface area contributed by atoms with Crippen LogP contribution in [0.25, 0.3) is 0 Å². The van der Waals surface area contributed by atoms with Crippen LogP contribution in [-0.2, 0) is 10.0 Å². The fourth-order valence-electron chi connectivity index (χ4n) is 1.60. The number of hydrogen-bond donors (Lipinski definition) is 2. The summed E-state index contributed by atoms with van der Waals surface area (Å²) in [5.74, 6) is 0.434. The van der Waals surface area contributed by atoms with Gasteiger partial charge in [0.05, 0.1) is 5.25 Å². The molecule has 5 heteroatoms. The average molecular weight is 220 g/mol. The van der Waals surface area contributed by atoms with Gasteiger partial charge in [0.15, 0.2) is 0 Å². The van der Waals surface area contributed by atoms with Crippen LogP contribution in [0, 0.1) is 5.92 Å². The van der Waals surface area contributed by atoms with Crippen LogP contribution in [0.3, 0.4) is 0 Å². The molecule has 1 aliphatic heterocycles. The summed E-state index contributed by atoms with van der Waals surface area (Å²) >= 11 is 0. The SMILES string of the molecule is CC(NS(=O)(=O)C(C)C)C1CCNC1. The first-order valence-corrected chi connectivity index (χ1v) is 6.70. The Morgan fingerprint density at radius 3 is 2.43 bits per heavy atom. The van der Waals surface area contributed by atoms with Gasteiger partial charge in [-0.1, -0.05) is 0 Å². The number of hydrogen-bond acceptors (Lipinski definition) is 3. The first-order chi connectivity index (χ1) is 6.43. The van der Waals surface area contributed by atoms with Crippen molar-refractivity contribution in [3.8, 4) is 0 Å². The topological polar surface area (TPSA) is 58.2 Å². The lowest BCUT2D eigenvalue weighted by Crippen LogP contribution is -2.42. The molecular formula is C9H20N2O2S. The molecule has 0 aromatic heterocycles. The molecule has 0 saturated carbocycles. The van der Waals surface area contributed by atoms with E-state index >= 15 is 0 Å². The van der Waals surface area contributed by atoms with Crippen molar-refractivity contribution >= 4 is 10.0 Å². The van der Waals surface area contributed by atoms with Gasteiger partial charge in [-0.05, 0) is 46.2 Å². The van der Waals surface area contributed by atoms with Crippen LogP contribution in [-0.4, -0.2) is 32.8 Å². The van der Waals surface area contributed by atoms with Gasteiger partial charge in [-0.3, -0.25) is 0 Å². The predicted octanol–water partition coefficient (Wildman–Crippen LogP) is 0.312. The molecule has 1 aliphatic rings. The van der Waals surface area contributed by atoms with E-state index in [1.54, 1.807) is 13.8 Å². The van der Waals surface area contributed by atoms with Gasteiger partial charge in [-0.15, -0.1) is 0 Å². The third-order valence-corrected chi connectivity index (χ3v) is 4.72. The van der Waals surface area contributed by atoms with Crippen LogP contribution in [0.5, 0.6) is 0 Å². The fourth-order valence-corrected chi connectivity index (χ4v) is 2.58. The highest BCUT2D eigenvalue weighted by atomic mass is 32.2. The maximum Gasteiger partial charge on any atom is 0.214 e. The zero-order chi connectivity index (χ0) is 10.8. The van der Waals surface area contributed by atoms with E-state index in [9.17, 15) is 8.42 Å². The molecule has 1 heterocycles. The smallest absolute Gasteiger partial charge is 0.214 e. The van der Waals surface area contributed by atoms with Crippen molar-refractivity contribution in [2.75, 3.05) is 13.1 Å². The molecule has 0 aromatic rings. The van der Waals surface area contributed by atoms with Crippen molar-refractivity contribution in [1.29, 1.82) is 0 Å². The lowest BCUT2D eigenvalue weighted by molar-refractivity contribution is 0.442. The molecule has 84 valence electrons. The Kier molecular flexibility index (Phi) is 3.92. The van der Waals surface area contributed by atoms with Crippen LogP contribution in [0.1, 0.15) is 27.2 Å². The second kappa shape index (κ2) is 4.59. The van der Waals surface area contributed by atoms with Gasteiger partial charge in [-0.25, -0.2) is 13.1 Å². The molecule has 1 saturated heterocycles. The highest BCUT2D eigenvalue weighted by Gasteiger charge is 2.26. The van der Waals surface area contributed by atoms with E-state index in [1.807, 2.05) is 6.92 Å². The maximum absolute atomic E-state index is 11.6. The molecule has 2 N–H and O–H groups in total. The Bertz CT molecular complexity index is 269. The first-order valence-electron chi connectivity index (χ1n) is 5.15. The van der Waals surface area contributed by atoms with Gasteiger partial charge in [-0.2, -0.15) is 0 Å². The van der Waals surface area contributed by atoms with E-state index in [4.69, 9.17) is 0 Å². The van der Waals surface area contributed by atoms with Crippen molar-refractivity contribution in [2.24, 2.45) is 5.92 Å². The highest BCUT2D eigenvalue weighted by Crippen LogP contribution is 2.13. The summed E-state index contributed by atoms with van der Waals surface area (Å²) in [4.78, 5) is 0. The summed E-state index contributed by atoms with van der Waals surface area (Å²) in [7, 11) is -3.11. The second-order valence-corrected chi connectivity index (χ2v) is 6.52. The predicted molar refractivity (Wildman–Crippen MR) is 57.6 cm³/mol. The Morgan fingerprint density at radius 1 is 1.36 bits per heavy atom. The zero-order valence-corrected chi connectivity index (χ0v) is 9.89. The van der Waals surface area contributed by atoms with E-state index in [1.165, 1.54) is 0 Å². The summed E-state index contributed by atoms with van der Waals surface area (Å²) in [6, 6.07) is 0.0393. The summed E-state index contributed by atoms with van der Waals surface area (Å²) in [5.41, 5.74) is 0. The minimum Gasteiger partial charge on any atom is -0.316 e. The van der Waals surface area contributed by atoms with Crippen molar-refractivity contribution in [3.63, 3.8) is 0 Å². The normalized spacial score (nSPS) is 25.6. The van der Waals surface area contributed by atoms with E-state index in [0.29, 0.717) is 5.92 Å². The van der Waals surface area contributed by atoms with Gasteiger partial charge in [0.2, 0.25) is 10.0 Å². The maximum atomic E-state index is 11.6. The second-order valence-electron chi connectivity index (χ2n) is 4.25. The standard InChI is InChI=1S/C9H20N2O2S/c1-7(2)14(12,13)11-8(3)9-4-5-10-6-9/h7-11H,4-6H2,1-3H3. The van der Waals surface area contributed by atoms with E-state index in [2.05, 4.69) is 10.0 Å². The molecule has 0 aromatic carbocycles. The first kappa shape index (κ1) is 11.9. The van der Waals surface area contributed by atoms with Crippen molar-refractivity contribution in [1.82, 2.24) is 10.0 Å². The number of sulfonamides is 1. The molecule has 4 nitrogen and oxygen atoms in total. The highest BCUT2D eigenvalue weighted by molar-refractivity contribution is 7.90. The minimum atomic E-state index is -3.11. The Hall–Kier alpha value is -0.130. The molecule has 1 fully saturated rings. The average Bonchev–Trinajstić information content (AvgIpc) is 2.54. The molecule has 1 rings (SSSR count). The van der Waals surface area contributed by atoms with Crippen LogP contribution < -0.4 is 10.0 Å². The molecule has 0 bridgehead atoms.